The van der Waals surface area contributed by atoms with Crippen molar-refractivity contribution in [2.45, 2.75) is 0 Å². The maximum atomic E-state index is 11.2. The predicted octanol–water partition coefficient (Wildman–Crippen LogP) is -1.37. The monoisotopic (exact) mass is 232 g/mol. The highest BCUT2D eigenvalue weighted by Gasteiger charge is 2.18. The van der Waals surface area contributed by atoms with Crippen molar-refractivity contribution < 1.29 is 16.8 Å². The van der Waals surface area contributed by atoms with Crippen molar-refractivity contribution in [1.82, 2.24) is 30.8 Å². The van der Waals surface area contributed by atoms with Crippen molar-refractivity contribution in [2.75, 3.05) is 0 Å². The topological polar surface area (TPSA) is 136 Å². The van der Waals surface area contributed by atoms with Crippen LogP contribution in [0.5, 0.6) is 11.8 Å². The van der Waals surface area contributed by atoms with Crippen LogP contribution in [0.4, 0.5) is 0 Å². The van der Waals surface area contributed by atoms with Gasteiger partial charge in [0.1, 0.15) is 0 Å². The highest BCUT2D eigenvalue weighted by Crippen LogP contribution is 2.09. The van der Waals surface area contributed by atoms with Crippen molar-refractivity contribution >= 4 is 10.4 Å². The van der Waals surface area contributed by atoms with E-state index >= 15 is 0 Å². The average molecular weight is 232 g/mol. The van der Waals surface area contributed by atoms with Gasteiger partial charge in [0, 0.05) is 0 Å². The standard InChI is InChI=1S/C4H4N6O4S/c11-15(12,13-3-1-5-9-7-3)14-4-2-6-10-8-4/h1-2H,(H,5,7,9)(H,6,8,10). The van der Waals surface area contributed by atoms with E-state index in [-0.39, 0.29) is 11.8 Å². The summed E-state index contributed by atoms with van der Waals surface area (Å²) in [6.45, 7) is 0. The smallest absolute Gasteiger partial charge is 0.329 e. The average Bonchev–Trinajstić information content (AvgIpc) is 2.75. The number of H-pyrrole nitrogens is 2. The molecule has 0 aliphatic rings. The second-order valence-corrected chi connectivity index (χ2v) is 3.35. The Morgan fingerprint density at radius 3 is 1.80 bits per heavy atom. The summed E-state index contributed by atoms with van der Waals surface area (Å²) in [7, 11) is -4.27. The third-order valence-corrected chi connectivity index (χ3v) is 1.91. The van der Waals surface area contributed by atoms with Crippen LogP contribution in [0, 0.1) is 0 Å². The minimum atomic E-state index is -4.27. The molecule has 0 aromatic carbocycles. The van der Waals surface area contributed by atoms with Crippen molar-refractivity contribution in [3.63, 3.8) is 0 Å². The number of rotatable bonds is 4. The summed E-state index contributed by atoms with van der Waals surface area (Å²) in [6, 6.07) is 0. The minimum absolute atomic E-state index is 0.238. The molecule has 0 fully saturated rings. The molecule has 2 aromatic heterocycles. The lowest BCUT2D eigenvalue weighted by Crippen LogP contribution is -2.16. The molecule has 15 heavy (non-hydrogen) atoms. The molecular formula is C4H4N6O4S. The first-order valence-electron chi connectivity index (χ1n) is 3.52. The van der Waals surface area contributed by atoms with Crippen LogP contribution in [0.25, 0.3) is 0 Å². The normalized spacial score (nSPS) is 11.2. The summed E-state index contributed by atoms with van der Waals surface area (Å²) in [4.78, 5) is 0. The van der Waals surface area contributed by atoms with Gasteiger partial charge >= 0.3 is 10.4 Å². The Hall–Kier alpha value is -2.17. The van der Waals surface area contributed by atoms with Gasteiger partial charge in [-0.3, -0.25) is 10.2 Å². The fourth-order valence-corrected chi connectivity index (χ4v) is 1.30. The van der Waals surface area contributed by atoms with Crippen molar-refractivity contribution in [3.05, 3.63) is 12.4 Å². The fraction of sp³-hybridized carbons (Fsp3) is 0. The number of hydrogen-bond acceptors (Lipinski definition) is 8. The van der Waals surface area contributed by atoms with Gasteiger partial charge in [-0.05, 0) is 0 Å². The van der Waals surface area contributed by atoms with Crippen LogP contribution in [0.1, 0.15) is 0 Å². The van der Waals surface area contributed by atoms with E-state index in [1.165, 1.54) is 0 Å². The van der Waals surface area contributed by atoms with E-state index in [1.807, 2.05) is 0 Å². The lowest BCUT2D eigenvalue weighted by molar-refractivity contribution is 0.380. The van der Waals surface area contributed by atoms with Crippen LogP contribution >= 0.6 is 0 Å². The van der Waals surface area contributed by atoms with Gasteiger partial charge < -0.3 is 8.37 Å². The second kappa shape index (κ2) is 3.53. The zero-order chi connectivity index (χ0) is 10.7. The van der Waals surface area contributed by atoms with Crippen molar-refractivity contribution in [1.29, 1.82) is 0 Å². The maximum absolute atomic E-state index is 11.2. The predicted molar refractivity (Wildman–Crippen MR) is 42.9 cm³/mol. The quantitative estimate of drug-likeness (QED) is 0.658. The van der Waals surface area contributed by atoms with E-state index < -0.39 is 10.4 Å². The Bertz CT molecular complexity index is 461. The molecule has 2 rings (SSSR count). The third kappa shape index (κ3) is 2.40. The van der Waals surface area contributed by atoms with Gasteiger partial charge in [-0.1, -0.05) is 20.6 Å². The Morgan fingerprint density at radius 1 is 1.00 bits per heavy atom. The van der Waals surface area contributed by atoms with Crippen LogP contribution in [0.2, 0.25) is 0 Å². The lowest BCUT2D eigenvalue weighted by atomic mass is 10.9. The van der Waals surface area contributed by atoms with Gasteiger partial charge in [-0.25, -0.2) is 0 Å². The van der Waals surface area contributed by atoms with Crippen LogP contribution in [-0.2, 0) is 10.4 Å². The zero-order valence-electron chi connectivity index (χ0n) is 6.98. The Morgan fingerprint density at radius 2 is 1.47 bits per heavy atom. The van der Waals surface area contributed by atoms with Gasteiger partial charge in [0.15, 0.2) is 0 Å². The second-order valence-electron chi connectivity index (χ2n) is 2.20. The molecule has 0 aliphatic carbocycles. The Kier molecular flexibility index (Phi) is 2.21. The molecule has 0 atom stereocenters. The number of nitrogens with zero attached hydrogens (tertiary/aromatic N) is 4. The number of aromatic nitrogens is 6. The van der Waals surface area contributed by atoms with Gasteiger partial charge in [0.25, 0.3) is 11.8 Å². The van der Waals surface area contributed by atoms with Crippen LogP contribution in [0.15, 0.2) is 12.4 Å². The first-order chi connectivity index (χ1) is 7.16. The van der Waals surface area contributed by atoms with E-state index in [9.17, 15) is 8.42 Å². The van der Waals surface area contributed by atoms with Gasteiger partial charge in [0.2, 0.25) is 0 Å². The molecule has 2 heterocycles. The van der Waals surface area contributed by atoms with E-state index in [2.05, 4.69) is 39.2 Å². The largest absolute Gasteiger partial charge is 0.504 e. The van der Waals surface area contributed by atoms with Gasteiger partial charge in [0.05, 0.1) is 12.4 Å². The van der Waals surface area contributed by atoms with E-state index in [4.69, 9.17) is 0 Å². The van der Waals surface area contributed by atoms with E-state index in [0.29, 0.717) is 0 Å². The molecular weight excluding hydrogens is 228 g/mol. The summed E-state index contributed by atoms with van der Waals surface area (Å²) in [5.74, 6) is -0.475. The Balaban J connectivity index is 2.08. The lowest BCUT2D eigenvalue weighted by Gasteiger charge is -2.00. The summed E-state index contributed by atoms with van der Waals surface area (Å²) >= 11 is 0. The molecule has 0 amide bonds. The summed E-state index contributed by atoms with van der Waals surface area (Å²) in [5, 5.41) is 17.6. The molecule has 80 valence electrons. The first-order valence-corrected chi connectivity index (χ1v) is 4.86. The minimum Gasteiger partial charge on any atom is -0.329 e. The molecule has 10 nitrogen and oxygen atoms in total. The molecule has 0 spiro atoms. The molecule has 0 saturated carbocycles. The summed E-state index contributed by atoms with van der Waals surface area (Å²) < 4.78 is 31.1. The van der Waals surface area contributed by atoms with Gasteiger partial charge in [-0.2, -0.15) is 0 Å². The summed E-state index contributed by atoms with van der Waals surface area (Å²) in [6.07, 6.45) is 2.29. The number of nitrogens with one attached hydrogen (secondary N) is 2. The number of aromatic amines is 2. The highest BCUT2D eigenvalue weighted by atomic mass is 32.3. The van der Waals surface area contributed by atoms with Crippen LogP contribution in [-0.4, -0.2) is 39.2 Å². The molecule has 2 aromatic rings. The Labute approximate surface area is 82.9 Å². The fourth-order valence-electron chi connectivity index (χ4n) is 0.690. The van der Waals surface area contributed by atoms with E-state index in [1.54, 1.807) is 0 Å². The molecule has 2 N–H and O–H groups in total. The highest BCUT2D eigenvalue weighted by molar-refractivity contribution is 7.82. The third-order valence-electron chi connectivity index (χ3n) is 1.16. The zero-order valence-corrected chi connectivity index (χ0v) is 7.80. The van der Waals surface area contributed by atoms with Crippen molar-refractivity contribution in [3.8, 4) is 11.8 Å². The SMILES string of the molecule is O=S(=O)(Oc1c[nH]nn1)Oc1c[nH]nn1. The molecule has 0 radical (unpaired) electrons. The molecule has 0 saturated heterocycles. The van der Waals surface area contributed by atoms with Crippen LogP contribution < -0.4 is 8.37 Å². The molecule has 0 bridgehead atoms. The number of hydrogen-bond donors (Lipinski definition) is 2. The first kappa shape index (κ1) is 9.39. The van der Waals surface area contributed by atoms with Crippen molar-refractivity contribution in [2.24, 2.45) is 0 Å². The molecule has 0 unspecified atom stereocenters. The van der Waals surface area contributed by atoms with Crippen LogP contribution in [0.3, 0.4) is 0 Å². The maximum Gasteiger partial charge on any atom is 0.504 e. The molecule has 0 aliphatic heterocycles. The molecule has 11 heteroatoms. The van der Waals surface area contributed by atoms with Gasteiger partial charge in [-0.15, -0.1) is 8.42 Å². The summed E-state index contributed by atoms with van der Waals surface area (Å²) in [5.41, 5.74) is 0. The van der Waals surface area contributed by atoms with E-state index in [0.717, 1.165) is 12.4 Å².